The lowest BCUT2D eigenvalue weighted by molar-refractivity contribution is -0.167. The Kier molecular flexibility index (Phi) is 16.7. The van der Waals surface area contributed by atoms with Crippen LogP contribution in [0.25, 0.3) is 0 Å². The minimum atomic E-state index is -1.65. The molecule has 270 valence electrons. The molecule has 1 unspecified atom stereocenters. The molecule has 1 heterocycles. The monoisotopic (exact) mass is 816 g/mol. The number of thiazole rings is 1. The molecule has 0 saturated heterocycles. The molecule has 14 nitrogen and oxygen atoms in total. The molecule has 0 saturated carbocycles. The molecule has 0 aliphatic heterocycles. The Morgan fingerprint density at radius 3 is 1.98 bits per heavy atom. The molecule has 1 aromatic carbocycles. The molecule has 0 spiro atoms. The van der Waals surface area contributed by atoms with E-state index in [0.29, 0.717) is 9.88 Å². The first-order chi connectivity index (χ1) is 23.0. The number of nitrogens with zero attached hydrogens (tertiary/aromatic N) is 1. The molecule has 4 atom stereocenters. The van der Waals surface area contributed by atoms with Crippen LogP contribution in [-0.4, -0.2) is 103 Å². The summed E-state index contributed by atoms with van der Waals surface area (Å²) in [5, 5.41) is 8.58. The summed E-state index contributed by atoms with van der Waals surface area (Å²) in [5.41, 5.74) is -1.69. The van der Waals surface area contributed by atoms with Crippen LogP contribution in [-0.2, 0) is 49.3 Å². The third-order valence-electron chi connectivity index (χ3n) is 7.09. The number of alkyl halides is 1. The standard InChI is InChI=1S/C33H45IN4O10S/c1-20-35-15-26(49-20)31(44)38-25(17-46-7)30(43)37-24(16-45-6)29(42)36-23(13-22-11-9-8-10-12-22)28(41)33(5,18-34)48-27(40)14-32(3,4)19-47-21(2)39/h8-12,15,23-25H,13-14,16-19H2,1-7H3,(H,36,42)(H,37,43)(H,38,44)/t23?,24-,25-,33+/m0/s1. The predicted molar refractivity (Wildman–Crippen MR) is 189 cm³/mol. The maximum absolute atomic E-state index is 14.2. The SMILES string of the molecule is COC[C@H](NC(=O)c1cnc(C)s1)C(=O)N[C@@H](COC)C(=O)NC(Cc1ccccc1)C(=O)[C@@](C)(CI)OC(=O)CC(C)(C)COC(C)=O. The van der Waals surface area contributed by atoms with Crippen LogP contribution in [0.2, 0.25) is 0 Å². The number of methoxy groups -OCH3 is 2. The van der Waals surface area contributed by atoms with E-state index in [4.69, 9.17) is 18.9 Å². The number of nitrogens with one attached hydrogen (secondary N) is 3. The van der Waals surface area contributed by atoms with Crippen LogP contribution in [0.1, 0.15) is 54.4 Å². The van der Waals surface area contributed by atoms with Gasteiger partial charge in [0.15, 0.2) is 11.4 Å². The van der Waals surface area contributed by atoms with Crippen LogP contribution >= 0.6 is 33.9 Å². The molecule has 0 aliphatic rings. The summed E-state index contributed by atoms with van der Waals surface area (Å²) >= 11 is 3.10. The van der Waals surface area contributed by atoms with Crippen molar-refractivity contribution in [3.8, 4) is 0 Å². The highest BCUT2D eigenvalue weighted by Gasteiger charge is 2.43. The number of carbonyl (C=O) groups excluding carboxylic acids is 6. The number of aromatic nitrogens is 1. The van der Waals surface area contributed by atoms with E-state index >= 15 is 0 Å². The van der Waals surface area contributed by atoms with Gasteiger partial charge in [-0.05, 0) is 25.8 Å². The summed E-state index contributed by atoms with van der Waals surface area (Å²) in [4.78, 5) is 82.7. The molecule has 3 N–H and O–H groups in total. The van der Waals surface area contributed by atoms with Gasteiger partial charge >= 0.3 is 11.9 Å². The predicted octanol–water partition coefficient (Wildman–Crippen LogP) is 2.34. The summed E-state index contributed by atoms with van der Waals surface area (Å²) in [6.45, 7) is 7.46. The van der Waals surface area contributed by atoms with Crippen molar-refractivity contribution < 1.29 is 47.7 Å². The zero-order chi connectivity index (χ0) is 36.8. The van der Waals surface area contributed by atoms with Crippen molar-refractivity contribution in [2.45, 2.75) is 71.2 Å². The number of ether oxygens (including phenoxy) is 4. The Morgan fingerprint density at radius 1 is 0.898 bits per heavy atom. The number of esters is 2. The van der Waals surface area contributed by atoms with Gasteiger partial charge in [0.05, 0.1) is 43.5 Å². The number of Topliss-reactive ketones (excluding diaryl/α,β-unsaturated/α-hetero) is 1. The van der Waals surface area contributed by atoms with Crippen molar-refractivity contribution in [2.24, 2.45) is 5.41 Å². The average molecular weight is 817 g/mol. The largest absolute Gasteiger partial charge is 0.465 e. The fraction of sp³-hybridized carbons (Fsp3) is 0.545. The van der Waals surface area contributed by atoms with Crippen LogP contribution in [0.3, 0.4) is 0 Å². The van der Waals surface area contributed by atoms with E-state index in [2.05, 4.69) is 20.9 Å². The van der Waals surface area contributed by atoms with Crippen LogP contribution in [0, 0.1) is 12.3 Å². The quantitative estimate of drug-likeness (QED) is 0.101. The number of amides is 3. The summed E-state index contributed by atoms with van der Waals surface area (Å²) in [6, 6.07) is 5.32. The minimum Gasteiger partial charge on any atom is -0.465 e. The van der Waals surface area contributed by atoms with Crippen LogP contribution in [0.5, 0.6) is 0 Å². The van der Waals surface area contributed by atoms with Gasteiger partial charge in [-0.1, -0.05) is 66.8 Å². The Hall–Kier alpha value is -3.48. The zero-order valence-corrected chi connectivity index (χ0v) is 31.7. The smallest absolute Gasteiger partial charge is 0.307 e. The van der Waals surface area contributed by atoms with E-state index < -0.39 is 64.6 Å². The number of aryl methyl sites for hydroxylation is 1. The van der Waals surface area contributed by atoms with Crippen molar-refractivity contribution in [2.75, 3.05) is 38.5 Å². The minimum absolute atomic E-state index is 0.0224. The normalized spacial score (nSPS) is 14.4. The highest BCUT2D eigenvalue weighted by Crippen LogP contribution is 2.26. The lowest BCUT2D eigenvalue weighted by Crippen LogP contribution is -2.60. The van der Waals surface area contributed by atoms with Gasteiger partial charge in [-0.25, -0.2) is 4.98 Å². The first-order valence-corrected chi connectivity index (χ1v) is 17.7. The molecule has 0 aliphatic carbocycles. The molecule has 16 heteroatoms. The van der Waals surface area contributed by atoms with Gasteiger partial charge < -0.3 is 34.9 Å². The van der Waals surface area contributed by atoms with Crippen molar-refractivity contribution in [1.29, 1.82) is 0 Å². The highest BCUT2D eigenvalue weighted by atomic mass is 127. The molecular weight excluding hydrogens is 771 g/mol. The summed E-state index contributed by atoms with van der Waals surface area (Å²) < 4.78 is 21.2. The average Bonchev–Trinajstić information content (AvgIpc) is 3.49. The molecule has 0 fully saturated rings. The van der Waals surface area contributed by atoms with Gasteiger partial charge in [0.25, 0.3) is 5.91 Å². The van der Waals surface area contributed by atoms with Gasteiger partial charge in [0, 0.05) is 31.0 Å². The Bertz CT molecular complexity index is 1450. The number of benzene rings is 1. The summed E-state index contributed by atoms with van der Waals surface area (Å²) in [5.74, 6) is -3.74. The van der Waals surface area contributed by atoms with Crippen LogP contribution < -0.4 is 16.0 Å². The second kappa shape index (κ2) is 19.6. The topological polar surface area (TPSA) is 188 Å². The number of hydrogen-bond acceptors (Lipinski definition) is 12. The Morgan fingerprint density at radius 2 is 1.47 bits per heavy atom. The van der Waals surface area contributed by atoms with Crippen molar-refractivity contribution in [3.63, 3.8) is 0 Å². The van der Waals surface area contributed by atoms with E-state index in [0.717, 1.165) is 16.9 Å². The van der Waals surface area contributed by atoms with E-state index in [9.17, 15) is 28.8 Å². The lowest BCUT2D eigenvalue weighted by atomic mass is 9.89. The molecule has 2 aromatic rings. The van der Waals surface area contributed by atoms with E-state index in [1.807, 2.05) is 28.7 Å². The zero-order valence-electron chi connectivity index (χ0n) is 28.8. The number of halogens is 1. The molecular formula is C33H45IN4O10S. The molecule has 0 radical (unpaired) electrons. The summed E-state index contributed by atoms with van der Waals surface area (Å²) in [6.07, 6.45) is 1.31. The first kappa shape index (κ1) is 41.7. The fourth-order valence-corrected chi connectivity index (χ4v) is 5.75. The number of ketones is 1. The second-order valence-electron chi connectivity index (χ2n) is 12.3. The molecule has 2 rings (SSSR count). The van der Waals surface area contributed by atoms with Gasteiger partial charge in [-0.3, -0.25) is 28.8 Å². The van der Waals surface area contributed by atoms with Crippen LogP contribution in [0.4, 0.5) is 0 Å². The van der Waals surface area contributed by atoms with Gasteiger partial charge in [-0.15, -0.1) is 11.3 Å². The first-order valence-electron chi connectivity index (χ1n) is 15.4. The highest BCUT2D eigenvalue weighted by molar-refractivity contribution is 14.1. The molecule has 3 amide bonds. The van der Waals surface area contributed by atoms with E-state index in [1.165, 1.54) is 34.3 Å². The van der Waals surface area contributed by atoms with Crippen LogP contribution in [0.15, 0.2) is 36.5 Å². The summed E-state index contributed by atoms with van der Waals surface area (Å²) in [7, 11) is 2.70. The van der Waals surface area contributed by atoms with Gasteiger partial charge in [0.2, 0.25) is 11.8 Å². The number of rotatable bonds is 20. The van der Waals surface area contributed by atoms with Gasteiger partial charge in [-0.2, -0.15) is 0 Å². The van der Waals surface area contributed by atoms with E-state index in [-0.39, 0.29) is 37.1 Å². The maximum atomic E-state index is 14.2. The second-order valence-corrected chi connectivity index (χ2v) is 14.3. The fourth-order valence-electron chi connectivity index (χ4n) is 4.54. The third-order valence-corrected chi connectivity index (χ3v) is 9.45. The van der Waals surface area contributed by atoms with Crippen molar-refractivity contribution in [1.82, 2.24) is 20.9 Å². The maximum Gasteiger partial charge on any atom is 0.307 e. The van der Waals surface area contributed by atoms with Crippen molar-refractivity contribution in [3.05, 3.63) is 52.0 Å². The molecule has 49 heavy (non-hydrogen) atoms. The third kappa shape index (κ3) is 13.7. The lowest BCUT2D eigenvalue weighted by Gasteiger charge is -2.33. The molecule has 1 aromatic heterocycles. The van der Waals surface area contributed by atoms with Crippen molar-refractivity contribution >= 4 is 69.4 Å². The number of hydrogen-bond donors (Lipinski definition) is 3. The number of carbonyl (C=O) groups is 6. The Labute approximate surface area is 303 Å². The van der Waals surface area contributed by atoms with E-state index in [1.54, 1.807) is 45.0 Å². The Balaban J connectivity index is 2.29. The molecule has 0 bridgehead atoms. The van der Waals surface area contributed by atoms with Gasteiger partial charge in [0.1, 0.15) is 17.0 Å².